The van der Waals surface area contributed by atoms with Gasteiger partial charge in [0.15, 0.2) is 0 Å². The van der Waals surface area contributed by atoms with Gasteiger partial charge in [0.2, 0.25) is 0 Å². The summed E-state index contributed by atoms with van der Waals surface area (Å²) < 4.78 is 4.97. The second-order valence-electron chi connectivity index (χ2n) is 6.29. The quantitative estimate of drug-likeness (QED) is 0.552. The Morgan fingerprint density at radius 3 is 2.71 bits per heavy atom. The molecule has 0 saturated heterocycles. The van der Waals surface area contributed by atoms with Crippen LogP contribution in [-0.4, -0.2) is 23.3 Å². The number of nitro groups is 1. The lowest BCUT2D eigenvalue weighted by Crippen LogP contribution is -2.28. The Balaban J connectivity index is 1.55. The maximum Gasteiger partial charge on any atom is 0.282 e. The molecule has 1 aliphatic rings. The summed E-state index contributed by atoms with van der Waals surface area (Å²) in [7, 11) is 0. The van der Waals surface area contributed by atoms with Crippen molar-refractivity contribution in [3.05, 3.63) is 87.9 Å². The highest BCUT2D eigenvalue weighted by atomic mass is 16.6. The number of benzene rings is 2. The minimum atomic E-state index is -0.586. The van der Waals surface area contributed by atoms with E-state index in [0.717, 1.165) is 11.3 Å². The lowest BCUT2D eigenvalue weighted by atomic mass is 10.1. The number of para-hydroxylation sites is 1. The van der Waals surface area contributed by atoms with Crippen LogP contribution >= 0.6 is 0 Å². The number of amides is 2. The van der Waals surface area contributed by atoms with Crippen LogP contribution in [-0.2, 0) is 6.42 Å². The van der Waals surface area contributed by atoms with Gasteiger partial charge in [0.1, 0.15) is 11.8 Å². The van der Waals surface area contributed by atoms with Gasteiger partial charge in [0.25, 0.3) is 17.5 Å². The first-order chi connectivity index (χ1) is 13.5. The lowest BCUT2D eigenvalue weighted by molar-refractivity contribution is -0.385. The third-order valence-electron chi connectivity index (χ3n) is 4.59. The molecule has 0 atom stereocenters. The number of nitrogens with one attached hydrogen (secondary N) is 1. The van der Waals surface area contributed by atoms with Crippen LogP contribution in [0.15, 0.2) is 65.5 Å². The molecule has 0 saturated carbocycles. The summed E-state index contributed by atoms with van der Waals surface area (Å²) in [6.45, 7) is 0.529. The fourth-order valence-corrected chi connectivity index (χ4v) is 3.26. The number of anilines is 2. The number of hydrogen-bond acceptors (Lipinski definition) is 5. The Morgan fingerprint density at radius 2 is 1.96 bits per heavy atom. The molecule has 4 rings (SSSR count). The Kier molecular flexibility index (Phi) is 4.36. The van der Waals surface area contributed by atoms with Crippen LogP contribution in [0.5, 0.6) is 0 Å². The molecule has 28 heavy (non-hydrogen) atoms. The average Bonchev–Trinajstić information content (AvgIpc) is 3.37. The van der Waals surface area contributed by atoms with Gasteiger partial charge < -0.3 is 14.6 Å². The minimum absolute atomic E-state index is 0.00948. The topological polar surface area (TPSA) is 106 Å². The first-order valence-electron chi connectivity index (χ1n) is 8.56. The van der Waals surface area contributed by atoms with Crippen LogP contribution in [0.25, 0.3) is 0 Å². The Morgan fingerprint density at radius 1 is 1.14 bits per heavy atom. The monoisotopic (exact) mass is 377 g/mol. The number of nitro benzene ring substituents is 1. The second kappa shape index (κ2) is 6.99. The summed E-state index contributed by atoms with van der Waals surface area (Å²) in [5.74, 6) is -0.708. The number of hydrogen-bond donors (Lipinski definition) is 1. The van der Waals surface area contributed by atoms with E-state index in [1.54, 1.807) is 35.2 Å². The molecule has 1 N–H and O–H groups in total. The van der Waals surface area contributed by atoms with E-state index in [1.807, 2.05) is 0 Å². The molecule has 1 aromatic heterocycles. The van der Waals surface area contributed by atoms with Gasteiger partial charge in [-0.3, -0.25) is 19.7 Å². The molecule has 140 valence electrons. The molecule has 3 aromatic rings. The molecule has 1 aliphatic heterocycles. The smallest absolute Gasteiger partial charge is 0.282 e. The molecule has 2 heterocycles. The molecule has 0 aliphatic carbocycles. The van der Waals surface area contributed by atoms with Crippen molar-refractivity contribution >= 4 is 28.9 Å². The Labute approximate surface area is 159 Å². The Bertz CT molecular complexity index is 1080. The summed E-state index contributed by atoms with van der Waals surface area (Å²) in [6.07, 6.45) is 3.50. The maximum atomic E-state index is 12.6. The van der Waals surface area contributed by atoms with E-state index < -0.39 is 10.8 Å². The number of carbonyl (C=O) groups is 2. The van der Waals surface area contributed by atoms with E-state index in [1.165, 1.54) is 30.7 Å². The van der Waals surface area contributed by atoms with E-state index in [9.17, 15) is 19.7 Å². The van der Waals surface area contributed by atoms with Gasteiger partial charge in [-0.05, 0) is 42.3 Å². The van der Waals surface area contributed by atoms with Gasteiger partial charge in [-0.25, -0.2) is 0 Å². The van der Waals surface area contributed by atoms with E-state index in [-0.39, 0.29) is 17.2 Å². The van der Waals surface area contributed by atoms with Gasteiger partial charge in [0, 0.05) is 24.0 Å². The zero-order chi connectivity index (χ0) is 19.7. The first-order valence-corrected chi connectivity index (χ1v) is 8.56. The number of fused-ring (bicyclic) bond motifs is 1. The van der Waals surface area contributed by atoms with Crippen molar-refractivity contribution in [3.8, 4) is 0 Å². The molecule has 0 spiro atoms. The lowest BCUT2D eigenvalue weighted by Gasteiger charge is -2.16. The molecule has 0 fully saturated rings. The zero-order valence-corrected chi connectivity index (χ0v) is 14.6. The first kappa shape index (κ1) is 17.5. The summed E-state index contributed by atoms with van der Waals surface area (Å²) in [6, 6.07) is 12.6. The third kappa shape index (κ3) is 3.11. The summed E-state index contributed by atoms with van der Waals surface area (Å²) in [5, 5.41) is 13.8. The largest absolute Gasteiger partial charge is 0.472 e. The number of rotatable bonds is 4. The van der Waals surface area contributed by atoms with Gasteiger partial charge in [-0.1, -0.05) is 12.1 Å². The fraction of sp³-hybridized carbons (Fsp3) is 0.100. The normalized spacial score (nSPS) is 12.5. The second-order valence-corrected chi connectivity index (χ2v) is 6.29. The zero-order valence-electron chi connectivity index (χ0n) is 14.6. The van der Waals surface area contributed by atoms with Crippen molar-refractivity contribution in [1.29, 1.82) is 0 Å². The molecular weight excluding hydrogens is 362 g/mol. The van der Waals surface area contributed by atoms with Gasteiger partial charge in [-0.2, -0.15) is 0 Å². The predicted octanol–water partition coefficient (Wildman–Crippen LogP) is 3.64. The van der Waals surface area contributed by atoms with Crippen LogP contribution in [0.4, 0.5) is 17.1 Å². The average molecular weight is 377 g/mol. The van der Waals surface area contributed by atoms with Crippen molar-refractivity contribution in [1.82, 2.24) is 0 Å². The molecule has 0 unspecified atom stereocenters. The summed E-state index contributed by atoms with van der Waals surface area (Å²) in [4.78, 5) is 37.2. The van der Waals surface area contributed by atoms with Gasteiger partial charge in [0.05, 0.1) is 16.7 Å². The Hall–Kier alpha value is -3.94. The maximum absolute atomic E-state index is 12.6. The predicted molar refractivity (Wildman–Crippen MR) is 102 cm³/mol. The molecule has 2 aromatic carbocycles. The van der Waals surface area contributed by atoms with E-state index in [0.29, 0.717) is 24.2 Å². The molecule has 8 heteroatoms. The summed E-state index contributed by atoms with van der Waals surface area (Å²) in [5.41, 5.74) is 2.41. The van der Waals surface area contributed by atoms with Crippen LogP contribution in [0.1, 0.15) is 26.3 Å². The van der Waals surface area contributed by atoms with Gasteiger partial charge >= 0.3 is 0 Å². The van der Waals surface area contributed by atoms with Crippen molar-refractivity contribution in [3.63, 3.8) is 0 Å². The molecule has 0 bridgehead atoms. The van der Waals surface area contributed by atoms with E-state index >= 15 is 0 Å². The molecule has 2 amide bonds. The van der Waals surface area contributed by atoms with Crippen molar-refractivity contribution in [2.75, 3.05) is 16.8 Å². The van der Waals surface area contributed by atoms with E-state index in [4.69, 9.17) is 4.42 Å². The van der Waals surface area contributed by atoms with E-state index in [2.05, 4.69) is 5.32 Å². The van der Waals surface area contributed by atoms with Crippen LogP contribution < -0.4 is 10.2 Å². The van der Waals surface area contributed by atoms with Crippen molar-refractivity contribution in [2.24, 2.45) is 0 Å². The summed E-state index contributed by atoms with van der Waals surface area (Å²) >= 11 is 0. The molecule has 0 radical (unpaired) electrons. The standard InChI is InChI=1S/C20H15N3O5/c24-19(16-3-1-2-4-18(16)23(26)27)21-15-5-6-17-13(11-15)7-9-22(17)20(25)14-8-10-28-12-14/h1-6,8,10-12H,7,9H2,(H,21,24). The highest BCUT2D eigenvalue weighted by molar-refractivity contribution is 6.08. The van der Waals surface area contributed by atoms with Crippen molar-refractivity contribution < 1.29 is 18.9 Å². The van der Waals surface area contributed by atoms with Crippen LogP contribution in [0, 0.1) is 10.1 Å². The molecular formula is C20H15N3O5. The van der Waals surface area contributed by atoms with Gasteiger partial charge in [-0.15, -0.1) is 0 Å². The minimum Gasteiger partial charge on any atom is -0.472 e. The third-order valence-corrected chi connectivity index (χ3v) is 4.59. The van der Waals surface area contributed by atoms with Crippen LogP contribution in [0.2, 0.25) is 0 Å². The number of carbonyl (C=O) groups excluding carboxylic acids is 2. The highest BCUT2D eigenvalue weighted by Crippen LogP contribution is 2.32. The van der Waals surface area contributed by atoms with Crippen LogP contribution in [0.3, 0.4) is 0 Å². The highest BCUT2D eigenvalue weighted by Gasteiger charge is 2.27. The van der Waals surface area contributed by atoms with Crippen molar-refractivity contribution in [2.45, 2.75) is 6.42 Å². The molecule has 8 nitrogen and oxygen atoms in total. The fourth-order valence-electron chi connectivity index (χ4n) is 3.26. The number of furan rings is 1. The number of nitrogens with zero attached hydrogens (tertiary/aromatic N) is 2. The SMILES string of the molecule is O=C(Nc1ccc2c(c1)CCN2C(=O)c1ccoc1)c1ccccc1[N+](=O)[O-].